The number of aromatic nitrogens is 2. The fraction of sp³-hybridized carbons (Fsp3) is 0.211. The van der Waals surface area contributed by atoms with E-state index in [0.29, 0.717) is 5.89 Å². The molecular formula is C19H17BrN2O3. The second kappa shape index (κ2) is 7.61. The third-order valence-corrected chi connectivity index (χ3v) is 4.26. The highest BCUT2D eigenvalue weighted by molar-refractivity contribution is 9.10. The van der Waals surface area contributed by atoms with E-state index in [2.05, 4.69) is 26.1 Å². The number of nitrogens with zero attached hydrogens (tertiary/aromatic N) is 2. The van der Waals surface area contributed by atoms with Gasteiger partial charge in [0.15, 0.2) is 6.61 Å². The Hall–Kier alpha value is -2.47. The molecule has 0 unspecified atom stereocenters. The Morgan fingerprint density at radius 1 is 1.12 bits per heavy atom. The van der Waals surface area contributed by atoms with Crippen LogP contribution < -0.4 is 0 Å². The first-order chi connectivity index (χ1) is 12.0. The molecule has 25 heavy (non-hydrogen) atoms. The lowest BCUT2D eigenvalue weighted by Crippen LogP contribution is -2.09. The summed E-state index contributed by atoms with van der Waals surface area (Å²) in [7, 11) is 0. The van der Waals surface area contributed by atoms with Gasteiger partial charge in [0.1, 0.15) is 0 Å². The minimum atomic E-state index is -0.337. The Kier molecular flexibility index (Phi) is 5.28. The summed E-state index contributed by atoms with van der Waals surface area (Å²) >= 11 is 3.41. The van der Waals surface area contributed by atoms with Crippen molar-refractivity contribution in [2.75, 3.05) is 0 Å². The minimum absolute atomic E-state index is 0.0370. The molecule has 5 nitrogen and oxygen atoms in total. The van der Waals surface area contributed by atoms with Crippen LogP contribution in [0.15, 0.2) is 51.4 Å². The van der Waals surface area contributed by atoms with Gasteiger partial charge in [-0.3, -0.25) is 4.79 Å². The average Bonchev–Trinajstić information content (AvgIpc) is 3.06. The summed E-state index contributed by atoms with van der Waals surface area (Å²) in [6.45, 7) is 3.93. The van der Waals surface area contributed by atoms with E-state index in [1.807, 2.05) is 56.3 Å². The van der Waals surface area contributed by atoms with E-state index in [0.717, 1.165) is 26.7 Å². The Morgan fingerprint density at radius 3 is 2.64 bits per heavy atom. The third-order valence-electron chi connectivity index (χ3n) is 3.77. The molecule has 1 heterocycles. The molecule has 0 radical (unpaired) electrons. The van der Waals surface area contributed by atoms with Crippen LogP contribution in [-0.4, -0.2) is 16.2 Å². The summed E-state index contributed by atoms with van der Waals surface area (Å²) < 4.78 is 11.7. The van der Waals surface area contributed by atoms with Crippen LogP contribution in [0, 0.1) is 13.8 Å². The summed E-state index contributed by atoms with van der Waals surface area (Å²) in [5.74, 6) is 0.347. The molecule has 128 valence electrons. The quantitative estimate of drug-likeness (QED) is 0.593. The molecule has 2 aromatic carbocycles. The number of carbonyl (C=O) groups is 1. The van der Waals surface area contributed by atoms with Crippen LogP contribution in [-0.2, 0) is 22.6 Å². The maximum absolute atomic E-state index is 12.0. The van der Waals surface area contributed by atoms with E-state index < -0.39 is 0 Å². The smallest absolute Gasteiger partial charge is 0.310 e. The second-order valence-corrected chi connectivity index (χ2v) is 6.69. The van der Waals surface area contributed by atoms with Crippen molar-refractivity contribution >= 4 is 21.9 Å². The Labute approximate surface area is 154 Å². The van der Waals surface area contributed by atoms with Crippen molar-refractivity contribution in [1.29, 1.82) is 0 Å². The van der Waals surface area contributed by atoms with Gasteiger partial charge in [0, 0.05) is 10.0 Å². The molecule has 3 rings (SSSR count). The number of halogens is 1. The number of benzene rings is 2. The van der Waals surface area contributed by atoms with Crippen LogP contribution in [0.3, 0.4) is 0 Å². The standard InChI is InChI=1S/C19H17BrN2O3/c1-12-3-6-14(7-4-12)19-22-21-17(25-19)11-24-18(23)10-15-9-16(20)8-5-13(15)2/h3-9H,10-11H2,1-2H3. The fourth-order valence-electron chi connectivity index (χ4n) is 2.30. The van der Waals surface area contributed by atoms with Crippen LogP contribution in [0.2, 0.25) is 0 Å². The van der Waals surface area contributed by atoms with Gasteiger partial charge in [-0.25, -0.2) is 0 Å². The minimum Gasteiger partial charge on any atom is -0.455 e. The number of rotatable bonds is 5. The Bertz CT molecular complexity index is 888. The molecule has 0 atom stereocenters. The van der Waals surface area contributed by atoms with Gasteiger partial charge in [-0.05, 0) is 49.2 Å². The summed E-state index contributed by atoms with van der Waals surface area (Å²) in [5.41, 5.74) is 3.95. The van der Waals surface area contributed by atoms with Gasteiger partial charge in [-0.15, -0.1) is 10.2 Å². The molecule has 0 saturated carbocycles. The summed E-state index contributed by atoms with van der Waals surface area (Å²) in [4.78, 5) is 12.0. The summed E-state index contributed by atoms with van der Waals surface area (Å²) in [5, 5.41) is 7.91. The van der Waals surface area contributed by atoms with Crippen molar-refractivity contribution in [2.45, 2.75) is 26.9 Å². The van der Waals surface area contributed by atoms with E-state index in [4.69, 9.17) is 9.15 Å². The van der Waals surface area contributed by atoms with Gasteiger partial charge in [0.05, 0.1) is 6.42 Å². The SMILES string of the molecule is Cc1ccc(-c2nnc(COC(=O)Cc3cc(Br)ccc3C)o2)cc1. The first kappa shape index (κ1) is 17.4. The lowest BCUT2D eigenvalue weighted by atomic mass is 10.1. The van der Waals surface area contributed by atoms with Gasteiger partial charge in [-0.1, -0.05) is 39.7 Å². The number of esters is 1. The van der Waals surface area contributed by atoms with Gasteiger partial charge in [0.2, 0.25) is 5.89 Å². The lowest BCUT2D eigenvalue weighted by Gasteiger charge is -2.06. The molecule has 0 aliphatic rings. The molecule has 0 N–H and O–H groups in total. The highest BCUT2D eigenvalue weighted by Gasteiger charge is 2.12. The number of ether oxygens (including phenoxy) is 1. The number of aryl methyl sites for hydroxylation is 2. The van der Waals surface area contributed by atoms with Crippen LogP contribution >= 0.6 is 15.9 Å². The van der Waals surface area contributed by atoms with E-state index >= 15 is 0 Å². The molecule has 0 aliphatic heterocycles. The van der Waals surface area contributed by atoms with Crippen molar-refractivity contribution in [3.05, 3.63) is 69.5 Å². The van der Waals surface area contributed by atoms with Crippen LogP contribution in [0.1, 0.15) is 22.6 Å². The molecular weight excluding hydrogens is 384 g/mol. The maximum atomic E-state index is 12.0. The first-order valence-corrected chi connectivity index (χ1v) is 8.60. The van der Waals surface area contributed by atoms with Crippen molar-refractivity contribution in [2.24, 2.45) is 0 Å². The van der Waals surface area contributed by atoms with Crippen LogP contribution in [0.4, 0.5) is 0 Å². The largest absolute Gasteiger partial charge is 0.455 e. The van der Waals surface area contributed by atoms with Crippen LogP contribution in [0.25, 0.3) is 11.5 Å². The topological polar surface area (TPSA) is 65.2 Å². The number of carbonyl (C=O) groups excluding carboxylic acids is 1. The van der Waals surface area contributed by atoms with E-state index in [1.165, 1.54) is 0 Å². The summed E-state index contributed by atoms with van der Waals surface area (Å²) in [6.07, 6.45) is 0.199. The van der Waals surface area contributed by atoms with Crippen molar-refractivity contribution in [1.82, 2.24) is 10.2 Å². The molecule has 0 bridgehead atoms. The molecule has 6 heteroatoms. The average molecular weight is 401 g/mol. The van der Waals surface area contributed by atoms with Gasteiger partial charge >= 0.3 is 5.97 Å². The van der Waals surface area contributed by atoms with Gasteiger partial charge < -0.3 is 9.15 Å². The zero-order valence-corrected chi connectivity index (χ0v) is 15.5. The number of hydrogen-bond donors (Lipinski definition) is 0. The summed E-state index contributed by atoms with van der Waals surface area (Å²) in [6, 6.07) is 13.6. The maximum Gasteiger partial charge on any atom is 0.310 e. The molecule has 0 saturated heterocycles. The molecule has 0 aliphatic carbocycles. The lowest BCUT2D eigenvalue weighted by molar-refractivity contribution is -0.144. The van der Waals surface area contributed by atoms with E-state index in [1.54, 1.807) is 0 Å². The van der Waals surface area contributed by atoms with Crippen molar-refractivity contribution in [3.63, 3.8) is 0 Å². The van der Waals surface area contributed by atoms with Crippen LogP contribution in [0.5, 0.6) is 0 Å². The molecule has 0 amide bonds. The third kappa shape index (κ3) is 4.54. The monoisotopic (exact) mass is 400 g/mol. The highest BCUT2D eigenvalue weighted by Crippen LogP contribution is 2.19. The predicted molar refractivity (Wildman–Crippen MR) is 96.9 cm³/mol. The van der Waals surface area contributed by atoms with Crippen molar-refractivity contribution < 1.29 is 13.9 Å². The Balaban J connectivity index is 1.59. The normalized spacial score (nSPS) is 10.7. The predicted octanol–water partition coefficient (Wildman–Crippen LogP) is 4.40. The van der Waals surface area contributed by atoms with E-state index in [9.17, 15) is 4.79 Å². The zero-order chi connectivity index (χ0) is 17.8. The molecule has 1 aromatic heterocycles. The van der Waals surface area contributed by atoms with Crippen molar-refractivity contribution in [3.8, 4) is 11.5 Å². The second-order valence-electron chi connectivity index (χ2n) is 5.78. The van der Waals surface area contributed by atoms with E-state index in [-0.39, 0.29) is 24.9 Å². The first-order valence-electron chi connectivity index (χ1n) is 7.81. The molecule has 0 spiro atoms. The molecule has 0 fully saturated rings. The fourth-order valence-corrected chi connectivity index (χ4v) is 2.71. The van der Waals surface area contributed by atoms with Gasteiger partial charge in [0.25, 0.3) is 5.89 Å². The highest BCUT2D eigenvalue weighted by atomic mass is 79.9. The Morgan fingerprint density at radius 2 is 1.88 bits per heavy atom. The zero-order valence-electron chi connectivity index (χ0n) is 14.0. The molecule has 3 aromatic rings. The number of hydrogen-bond acceptors (Lipinski definition) is 5. The van der Waals surface area contributed by atoms with Gasteiger partial charge in [-0.2, -0.15) is 0 Å².